The second kappa shape index (κ2) is 9.83. The highest BCUT2D eigenvalue weighted by Gasteiger charge is 2.26. The Kier molecular flexibility index (Phi) is 6.25. The summed E-state index contributed by atoms with van der Waals surface area (Å²) >= 11 is 0. The van der Waals surface area contributed by atoms with Crippen LogP contribution in [0, 0.1) is 5.82 Å². The molecule has 8 nitrogen and oxygen atoms in total. The van der Waals surface area contributed by atoms with Gasteiger partial charge in [-0.05, 0) is 56.3 Å². The molecule has 0 unspecified atom stereocenters. The fraction of sp³-hybridized carbons (Fsp3) is 0.370. The molecule has 0 saturated carbocycles. The van der Waals surface area contributed by atoms with Crippen LogP contribution >= 0.6 is 0 Å². The zero-order chi connectivity index (χ0) is 24.5. The number of benzene rings is 2. The maximum Gasteiger partial charge on any atom is 0.165 e. The number of hydrogen-bond acceptors (Lipinski definition) is 7. The van der Waals surface area contributed by atoms with Gasteiger partial charge in [-0.1, -0.05) is 12.1 Å². The van der Waals surface area contributed by atoms with Gasteiger partial charge in [0, 0.05) is 56.7 Å². The summed E-state index contributed by atoms with van der Waals surface area (Å²) < 4.78 is 14.4. The third-order valence-corrected chi connectivity index (χ3v) is 7.43. The van der Waals surface area contributed by atoms with Crippen molar-refractivity contribution < 1.29 is 4.39 Å². The van der Waals surface area contributed by atoms with Crippen LogP contribution in [0.25, 0.3) is 22.4 Å². The Morgan fingerprint density at radius 2 is 1.67 bits per heavy atom. The van der Waals surface area contributed by atoms with Crippen molar-refractivity contribution in [3.05, 3.63) is 60.5 Å². The van der Waals surface area contributed by atoms with Gasteiger partial charge in [0.15, 0.2) is 11.6 Å². The van der Waals surface area contributed by atoms with Gasteiger partial charge in [-0.2, -0.15) is 5.10 Å². The Hall–Kier alpha value is -3.56. The Bertz CT molecular complexity index is 1320. The normalized spacial score (nSPS) is 18.1. The first-order chi connectivity index (χ1) is 17.6. The summed E-state index contributed by atoms with van der Waals surface area (Å²) in [6, 6.07) is 15.7. The lowest BCUT2D eigenvalue weighted by Gasteiger charge is -2.42. The molecule has 186 valence electrons. The van der Waals surface area contributed by atoms with Gasteiger partial charge in [-0.15, -0.1) is 0 Å². The van der Waals surface area contributed by atoms with Crippen LogP contribution in [0.1, 0.15) is 12.8 Å². The molecule has 2 saturated heterocycles. The number of halogens is 1. The lowest BCUT2D eigenvalue weighted by molar-refractivity contribution is 0.0982. The molecule has 0 aliphatic carbocycles. The maximum atomic E-state index is 14.4. The summed E-state index contributed by atoms with van der Waals surface area (Å²) in [4.78, 5) is 16.7. The zero-order valence-corrected chi connectivity index (χ0v) is 20.5. The SMILES string of the molecule is CN1CCN(C2CCN(c3ccc(Nc4nc(-c5ccccc5F)nc5cn[nH]c45)cc3)CC2)CC1. The van der Waals surface area contributed by atoms with E-state index in [9.17, 15) is 4.39 Å². The standard InChI is InChI=1S/C27H31FN8/c1-34-14-16-36(17-15-34)21-10-12-35(13-11-21)20-8-6-19(7-9-20)30-27-25-24(18-29-33-25)31-26(32-27)22-4-2-3-5-23(22)28/h2-9,18,21H,10-17H2,1H3,(H,29,33)(H,30,31,32). The van der Waals surface area contributed by atoms with E-state index in [0.29, 0.717) is 34.3 Å². The third-order valence-electron chi connectivity index (χ3n) is 7.43. The molecule has 4 aromatic rings. The molecule has 2 N–H and O–H groups in total. The van der Waals surface area contributed by atoms with Crippen molar-refractivity contribution in [2.75, 3.05) is 56.5 Å². The maximum absolute atomic E-state index is 14.4. The van der Waals surface area contributed by atoms with Crippen LogP contribution < -0.4 is 10.2 Å². The fourth-order valence-corrected chi connectivity index (χ4v) is 5.26. The Morgan fingerprint density at radius 1 is 0.917 bits per heavy atom. The van der Waals surface area contributed by atoms with Gasteiger partial charge >= 0.3 is 0 Å². The van der Waals surface area contributed by atoms with Crippen molar-refractivity contribution in [3.8, 4) is 11.4 Å². The number of piperidine rings is 1. The van der Waals surface area contributed by atoms with Gasteiger partial charge in [0.25, 0.3) is 0 Å². The topological polar surface area (TPSA) is 76.2 Å². The molecule has 2 fully saturated rings. The van der Waals surface area contributed by atoms with E-state index in [2.05, 4.69) is 71.5 Å². The molecule has 0 spiro atoms. The van der Waals surface area contributed by atoms with Crippen molar-refractivity contribution in [1.29, 1.82) is 0 Å². The van der Waals surface area contributed by atoms with E-state index in [1.165, 1.54) is 50.8 Å². The molecular formula is C27H31FN8. The fourth-order valence-electron chi connectivity index (χ4n) is 5.26. The summed E-state index contributed by atoms with van der Waals surface area (Å²) in [6.07, 6.45) is 4.05. The Labute approximate surface area is 210 Å². The highest BCUT2D eigenvalue weighted by Crippen LogP contribution is 2.29. The molecule has 0 bridgehead atoms. The summed E-state index contributed by atoms with van der Waals surface area (Å²) in [5, 5.41) is 10.4. The summed E-state index contributed by atoms with van der Waals surface area (Å²) in [5.74, 6) is 0.535. The van der Waals surface area contributed by atoms with Crippen LogP contribution in [0.5, 0.6) is 0 Å². The Morgan fingerprint density at radius 3 is 2.42 bits per heavy atom. The molecule has 4 heterocycles. The van der Waals surface area contributed by atoms with Gasteiger partial charge in [0.05, 0.1) is 11.8 Å². The van der Waals surface area contributed by atoms with Crippen molar-refractivity contribution in [2.24, 2.45) is 0 Å². The van der Waals surface area contributed by atoms with Crippen LogP contribution in [0.3, 0.4) is 0 Å². The molecule has 2 aromatic heterocycles. The second-order valence-corrected chi connectivity index (χ2v) is 9.74. The number of likely N-dealkylation sites (N-methyl/N-ethyl adjacent to an activating group) is 1. The highest BCUT2D eigenvalue weighted by molar-refractivity contribution is 5.88. The summed E-state index contributed by atoms with van der Waals surface area (Å²) in [5.41, 5.74) is 3.81. The monoisotopic (exact) mass is 486 g/mol. The van der Waals surface area contributed by atoms with Gasteiger partial charge in [-0.25, -0.2) is 14.4 Å². The number of H-pyrrole nitrogens is 1. The van der Waals surface area contributed by atoms with Crippen LogP contribution in [-0.4, -0.2) is 82.3 Å². The number of anilines is 3. The molecular weight excluding hydrogens is 455 g/mol. The first-order valence-electron chi connectivity index (χ1n) is 12.6. The first kappa shape index (κ1) is 22.9. The minimum absolute atomic E-state index is 0.323. The largest absolute Gasteiger partial charge is 0.371 e. The van der Waals surface area contributed by atoms with Gasteiger partial charge in [0.1, 0.15) is 16.9 Å². The van der Waals surface area contributed by atoms with E-state index in [-0.39, 0.29) is 5.82 Å². The van der Waals surface area contributed by atoms with E-state index >= 15 is 0 Å². The minimum Gasteiger partial charge on any atom is -0.371 e. The number of aromatic amines is 1. The lowest BCUT2D eigenvalue weighted by Crippen LogP contribution is -2.52. The van der Waals surface area contributed by atoms with Crippen molar-refractivity contribution >= 4 is 28.2 Å². The van der Waals surface area contributed by atoms with Crippen LogP contribution in [-0.2, 0) is 0 Å². The molecule has 9 heteroatoms. The second-order valence-electron chi connectivity index (χ2n) is 9.74. The molecule has 36 heavy (non-hydrogen) atoms. The average Bonchev–Trinajstić information content (AvgIpc) is 3.39. The number of rotatable bonds is 5. The molecule has 2 aliphatic heterocycles. The molecule has 0 amide bonds. The van der Waals surface area contributed by atoms with Gasteiger partial charge in [0.2, 0.25) is 0 Å². The van der Waals surface area contributed by atoms with E-state index in [4.69, 9.17) is 0 Å². The lowest BCUT2D eigenvalue weighted by atomic mass is 10.0. The number of aromatic nitrogens is 4. The predicted octanol–water partition coefficient (Wildman–Crippen LogP) is 4.12. The minimum atomic E-state index is -0.355. The predicted molar refractivity (Wildman–Crippen MR) is 141 cm³/mol. The number of nitrogens with zero attached hydrogens (tertiary/aromatic N) is 6. The molecule has 6 rings (SSSR count). The molecule has 2 aromatic carbocycles. The average molecular weight is 487 g/mol. The number of fused-ring (bicyclic) bond motifs is 1. The smallest absolute Gasteiger partial charge is 0.165 e. The molecule has 0 radical (unpaired) electrons. The summed E-state index contributed by atoms with van der Waals surface area (Å²) in [7, 11) is 2.21. The van der Waals surface area contributed by atoms with Gasteiger partial charge in [-0.3, -0.25) is 10.00 Å². The van der Waals surface area contributed by atoms with E-state index in [0.717, 1.165) is 18.8 Å². The quantitative estimate of drug-likeness (QED) is 0.440. The molecule has 0 atom stereocenters. The van der Waals surface area contributed by atoms with E-state index < -0.39 is 0 Å². The molecule has 2 aliphatic rings. The van der Waals surface area contributed by atoms with E-state index in [1.807, 2.05) is 0 Å². The zero-order valence-electron chi connectivity index (χ0n) is 20.5. The van der Waals surface area contributed by atoms with Crippen LogP contribution in [0.15, 0.2) is 54.7 Å². The van der Waals surface area contributed by atoms with E-state index in [1.54, 1.807) is 24.4 Å². The summed E-state index contributed by atoms with van der Waals surface area (Å²) in [6.45, 7) is 6.88. The van der Waals surface area contributed by atoms with Crippen molar-refractivity contribution in [1.82, 2.24) is 30.0 Å². The van der Waals surface area contributed by atoms with Crippen LogP contribution in [0.4, 0.5) is 21.6 Å². The Balaban J connectivity index is 1.15. The first-order valence-corrected chi connectivity index (χ1v) is 12.6. The van der Waals surface area contributed by atoms with Crippen molar-refractivity contribution in [3.63, 3.8) is 0 Å². The highest BCUT2D eigenvalue weighted by atomic mass is 19.1. The third kappa shape index (κ3) is 4.64. The van der Waals surface area contributed by atoms with Crippen LogP contribution in [0.2, 0.25) is 0 Å². The number of piperazine rings is 1. The van der Waals surface area contributed by atoms with Gasteiger partial charge < -0.3 is 15.1 Å². The number of nitrogens with one attached hydrogen (secondary N) is 2. The number of hydrogen-bond donors (Lipinski definition) is 2. The van der Waals surface area contributed by atoms with Crippen molar-refractivity contribution in [2.45, 2.75) is 18.9 Å².